The Morgan fingerprint density at radius 3 is 1.44 bits per heavy atom. The average molecular weight is 148 g/mol. The van der Waals surface area contributed by atoms with Crippen molar-refractivity contribution in [2.45, 2.75) is 13.8 Å². The van der Waals surface area contributed by atoms with Gasteiger partial charge < -0.3 is 0 Å². The molecule has 0 saturated carbocycles. The first-order valence-electron chi connectivity index (χ1n) is 2.83. The van der Waals surface area contributed by atoms with Crippen LogP contribution in [-0.2, 0) is 0 Å². The van der Waals surface area contributed by atoms with Gasteiger partial charge in [-0.1, -0.05) is 24.3 Å². The topological polar surface area (TPSA) is 0 Å². The van der Waals surface area contributed by atoms with E-state index in [2.05, 4.69) is 38.1 Å². The fraction of sp³-hybridized carbons (Fsp3) is 0.250. The Labute approximate surface area is 86.3 Å². The maximum atomic E-state index is 2.12. The van der Waals surface area contributed by atoms with Crippen molar-refractivity contribution in [2.24, 2.45) is 0 Å². The standard InChI is InChI=1S/C8H10.Ca.2H/c1-7-5-3-4-6-8(7)2;;;/h3-6H,1-2H3;;;. The van der Waals surface area contributed by atoms with Crippen molar-refractivity contribution < 1.29 is 0 Å². The van der Waals surface area contributed by atoms with Crippen LogP contribution in [0, 0.1) is 13.8 Å². The fourth-order valence-electron chi connectivity index (χ4n) is 0.663. The van der Waals surface area contributed by atoms with Crippen molar-refractivity contribution in [2.75, 3.05) is 0 Å². The Morgan fingerprint density at radius 2 is 1.22 bits per heavy atom. The van der Waals surface area contributed by atoms with Crippen LogP contribution in [0.1, 0.15) is 11.1 Å². The minimum atomic E-state index is 0. The molecule has 0 aromatic heterocycles. The van der Waals surface area contributed by atoms with Gasteiger partial charge in [0.05, 0.1) is 0 Å². The molecule has 1 heteroatoms. The van der Waals surface area contributed by atoms with Crippen LogP contribution in [0.4, 0.5) is 0 Å². The summed E-state index contributed by atoms with van der Waals surface area (Å²) in [6.07, 6.45) is 0. The molecule has 0 spiro atoms. The van der Waals surface area contributed by atoms with E-state index in [0.29, 0.717) is 0 Å². The fourth-order valence-corrected chi connectivity index (χ4v) is 0.663. The molecule has 0 bridgehead atoms. The third-order valence-corrected chi connectivity index (χ3v) is 1.43. The number of benzene rings is 1. The Kier molecular flexibility index (Phi) is 4.55. The van der Waals surface area contributed by atoms with Gasteiger partial charge in [0.25, 0.3) is 0 Å². The molecule has 0 heterocycles. The van der Waals surface area contributed by atoms with E-state index >= 15 is 0 Å². The molecule has 1 rings (SSSR count). The van der Waals surface area contributed by atoms with Crippen molar-refractivity contribution in [3.05, 3.63) is 35.4 Å². The maximum absolute atomic E-state index is 2.12. The molecule has 0 amide bonds. The molecule has 1 aromatic carbocycles. The van der Waals surface area contributed by atoms with Gasteiger partial charge in [0.2, 0.25) is 0 Å². The summed E-state index contributed by atoms with van der Waals surface area (Å²) in [5.41, 5.74) is 2.74. The molecule has 9 heavy (non-hydrogen) atoms. The van der Waals surface area contributed by atoms with E-state index in [9.17, 15) is 0 Å². The van der Waals surface area contributed by atoms with Gasteiger partial charge in [0.15, 0.2) is 0 Å². The molecule has 0 N–H and O–H groups in total. The van der Waals surface area contributed by atoms with Gasteiger partial charge in [-0.05, 0) is 25.0 Å². The zero-order chi connectivity index (χ0) is 5.98. The first-order chi connectivity index (χ1) is 3.80. The molecule has 46 valence electrons. The van der Waals surface area contributed by atoms with Crippen LogP contribution < -0.4 is 0 Å². The van der Waals surface area contributed by atoms with Gasteiger partial charge in [-0.15, -0.1) is 0 Å². The van der Waals surface area contributed by atoms with E-state index in [1.54, 1.807) is 0 Å². The van der Waals surface area contributed by atoms with Crippen LogP contribution in [0.25, 0.3) is 0 Å². The molecular weight excluding hydrogens is 136 g/mol. The van der Waals surface area contributed by atoms with E-state index in [0.717, 1.165) is 0 Å². The van der Waals surface area contributed by atoms with Gasteiger partial charge in [-0.25, -0.2) is 0 Å². The third kappa shape index (κ3) is 2.70. The van der Waals surface area contributed by atoms with Crippen molar-refractivity contribution in [1.82, 2.24) is 0 Å². The Morgan fingerprint density at radius 1 is 0.889 bits per heavy atom. The zero-order valence-electron chi connectivity index (χ0n) is 5.31. The summed E-state index contributed by atoms with van der Waals surface area (Å²) in [6, 6.07) is 8.36. The van der Waals surface area contributed by atoms with Crippen molar-refractivity contribution in [1.29, 1.82) is 0 Å². The first kappa shape index (κ1) is 9.48. The SMILES string of the molecule is Cc1ccccc1C.[CaH2]. The third-order valence-electron chi connectivity index (χ3n) is 1.43. The summed E-state index contributed by atoms with van der Waals surface area (Å²) in [4.78, 5) is 0. The molecule has 0 saturated heterocycles. The molecule has 0 unspecified atom stereocenters. The summed E-state index contributed by atoms with van der Waals surface area (Å²) in [5, 5.41) is 0. The van der Waals surface area contributed by atoms with Crippen LogP contribution in [0.15, 0.2) is 24.3 Å². The summed E-state index contributed by atoms with van der Waals surface area (Å²) in [6.45, 7) is 4.24. The molecule has 0 radical (unpaired) electrons. The van der Waals surface area contributed by atoms with Crippen LogP contribution in [0.2, 0.25) is 0 Å². The normalized spacial score (nSPS) is 8.22. The number of aryl methyl sites for hydroxylation is 2. The van der Waals surface area contributed by atoms with E-state index in [-0.39, 0.29) is 37.7 Å². The Hall–Kier alpha value is 0.480. The van der Waals surface area contributed by atoms with Crippen LogP contribution >= 0.6 is 0 Å². The van der Waals surface area contributed by atoms with E-state index in [1.807, 2.05) is 0 Å². The second-order valence-electron chi connectivity index (χ2n) is 2.08. The summed E-state index contributed by atoms with van der Waals surface area (Å²) in [7, 11) is 0. The van der Waals surface area contributed by atoms with Gasteiger partial charge in [-0.2, -0.15) is 0 Å². The Balaban J connectivity index is 0.000000640. The van der Waals surface area contributed by atoms with Crippen molar-refractivity contribution in [3.8, 4) is 0 Å². The predicted octanol–water partition coefficient (Wildman–Crippen LogP) is 1.39. The van der Waals surface area contributed by atoms with Crippen LogP contribution in [0.3, 0.4) is 0 Å². The van der Waals surface area contributed by atoms with Gasteiger partial charge in [0, 0.05) is 0 Å². The average Bonchev–Trinajstić information content (AvgIpc) is 1.77. The summed E-state index contributed by atoms with van der Waals surface area (Å²) < 4.78 is 0. The molecule has 0 atom stereocenters. The van der Waals surface area contributed by atoms with Gasteiger partial charge >= 0.3 is 37.7 Å². The monoisotopic (exact) mass is 148 g/mol. The number of rotatable bonds is 0. The zero-order valence-corrected chi connectivity index (χ0v) is 5.31. The van der Waals surface area contributed by atoms with Crippen molar-refractivity contribution in [3.63, 3.8) is 0 Å². The molecule has 0 aliphatic carbocycles. The molecule has 0 aliphatic heterocycles. The number of hydrogen-bond donors (Lipinski definition) is 0. The first-order valence-corrected chi connectivity index (χ1v) is 2.83. The van der Waals surface area contributed by atoms with E-state index < -0.39 is 0 Å². The van der Waals surface area contributed by atoms with Crippen molar-refractivity contribution >= 4 is 37.7 Å². The minimum absolute atomic E-state index is 0. The van der Waals surface area contributed by atoms with Crippen LogP contribution in [0.5, 0.6) is 0 Å². The van der Waals surface area contributed by atoms with Crippen LogP contribution in [-0.4, -0.2) is 37.7 Å². The second kappa shape index (κ2) is 4.32. The Bertz CT molecular complexity index is 161. The number of hydrogen-bond acceptors (Lipinski definition) is 0. The molecular formula is C8H12Ca. The second-order valence-corrected chi connectivity index (χ2v) is 2.08. The molecule has 0 nitrogen and oxygen atoms in total. The predicted molar refractivity (Wildman–Crippen MR) is 44.5 cm³/mol. The molecule has 0 fully saturated rings. The quantitative estimate of drug-likeness (QED) is 0.488. The van der Waals surface area contributed by atoms with E-state index in [1.165, 1.54) is 11.1 Å². The van der Waals surface area contributed by atoms with Gasteiger partial charge in [-0.3, -0.25) is 0 Å². The summed E-state index contributed by atoms with van der Waals surface area (Å²) in [5.74, 6) is 0. The molecule has 1 aromatic rings. The molecule has 0 aliphatic rings. The summed E-state index contributed by atoms with van der Waals surface area (Å²) >= 11 is 0. The van der Waals surface area contributed by atoms with E-state index in [4.69, 9.17) is 0 Å². The van der Waals surface area contributed by atoms with Gasteiger partial charge in [0.1, 0.15) is 0 Å².